The molecule has 0 spiro atoms. The molecule has 0 aromatic carbocycles. The lowest BCUT2D eigenvalue weighted by Gasteiger charge is -2.32. The van der Waals surface area contributed by atoms with Gasteiger partial charge in [0.1, 0.15) is 11.3 Å². The second-order valence-electron chi connectivity index (χ2n) is 4.69. The average Bonchev–Trinajstić information content (AvgIpc) is 2.84. The molecule has 2 aromatic heterocycles. The van der Waals surface area contributed by atoms with Gasteiger partial charge in [-0.15, -0.1) is 0 Å². The highest BCUT2D eigenvalue weighted by atomic mass is 35.5. The van der Waals surface area contributed by atoms with E-state index in [9.17, 15) is 4.79 Å². The number of halogens is 1. The zero-order valence-electron chi connectivity index (χ0n) is 10.7. The van der Waals surface area contributed by atoms with E-state index < -0.39 is 6.09 Å². The Hall–Kier alpha value is -1.86. The third-order valence-corrected chi connectivity index (χ3v) is 3.79. The van der Waals surface area contributed by atoms with E-state index in [0.717, 1.165) is 11.3 Å². The Morgan fingerprint density at radius 3 is 2.75 bits per heavy atom. The highest BCUT2D eigenvalue weighted by molar-refractivity contribution is 6.32. The smallest absolute Gasteiger partial charge is 0.407 e. The van der Waals surface area contributed by atoms with Crippen LogP contribution in [0, 0.1) is 0 Å². The van der Waals surface area contributed by atoms with Crippen LogP contribution in [0.3, 0.4) is 0 Å². The van der Waals surface area contributed by atoms with Crippen molar-refractivity contribution in [3.05, 3.63) is 29.6 Å². The summed E-state index contributed by atoms with van der Waals surface area (Å²) < 4.78 is 1.92. The van der Waals surface area contributed by atoms with Crippen molar-refractivity contribution in [3.63, 3.8) is 0 Å². The minimum atomic E-state index is -0.853. The third kappa shape index (κ3) is 2.41. The van der Waals surface area contributed by atoms with Gasteiger partial charge < -0.3 is 10.0 Å². The van der Waals surface area contributed by atoms with Crippen molar-refractivity contribution < 1.29 is 9.90 Å². The fourth-order valence-electron chi connectivity index (χ4n) is 2.36. The number of imidazole rings is 1. The van der Waals surface area contributed by atoms with E-state index in [4.69, 9.17) is 16.7 Å². The monoisotopic (exact) mass is 295 g/mol. The first kappa shape index (κ1) is 13.1. The van der Waals surface area contributed by atoms with Crippen LogP contribution in [0.25, 0.3) is 5.52 Å². The molecule has 0 bridgehead atoms. The van der Waals surface area contributed by atoms with Gasteiger partial charge in [0, 0.05) is 38.6 Å². The van der Waals surface area contributed by atoms with Gasteiger partial charge in [0.2, 0.25) is 0 Å². The lowest BCUT2D eigenvalue weighted by molar-refractivity contribution is 0.102. The zero-order valence-corrected chi connectivity index (χ0v) is 11.5. The summed E-state index contributed by atoms with van der Waals surface area (Å²) in [6, 6.07) is 0. The number of piperazine rings is 1. The molecule has 1 N–H and O–H groups in total. The van der Waals surface area contributed by atoms with Gasteiger partial charge in [0.05, 0.1) is 12.7 Å². The summed E-state index contributed by atoms with van der Waals surface area (Å²) in [6.45, 7) is 3.14. The van der Waals surface area contributed by atoms with Crippen molar-refractivity contribution in [2.45, 2.75) is 6.54 Å². The quantitative estimate of drug-likeness (QED) is 0.900. The second-order valence-corrected chi connectivity index (χ2v) is 5.05. The third-order valence-electron chi connectivity index (χ3n) is 3.50. The van der Waals surface area contributed by atoms with Gasteiger partial charge in [0.15, 0.2) is 5.15 Å². The first-order valence-electron chi connectivity index (χ1n) is 6.32. The maximum atomic E-state index is 10.9. The molecule has 3 rings (SSSR count). The van der Waals surface area contributed by atoms with E-state index in [-0.39, 0.29) is 0 Å². The van der Waals surface area contributed by atoms with Crippen LogP contribution in [0.1, 0.15) is 5.82 Å². The summed E-state index contributed by atoms with van der Waals surface area (Å²) in [5.41, 5.74) is 0.785. The molecule has 20 heavy (non-hydrogen) atoms. The second kappa shape index (κ2) is 5.26. The van der Waals surface area contributed by atoms with E-state index in [1.807, 2.05) is 10.6 Å². The number of carbonyl (C=O) groups is 1. The topological polar surface area (TPSA) is 74.0 Å². The number of hydrogen-bond donors (Lipinski definition) is 1. The van der Waals surface area contributed by atoms with Crippen LogP contribution in [0.15, 0.2) is 18.6 Å². The van der Waals surface area contributed by atoms with Crippen molar-refractivity contribution in [2.24, 2.45) is 0 Å². The molecule has 3 heterocycles. The molecule has 0 radical (unpaired) electrons. The number of amides is 1. The SMILES string of the molecule is O=C(O)N1CCN(Cc2ncc3c(Cl)nccn23)CC1. The Labute approximate surface area is 120 Å². The van der Waals surface area contributed by atoms with Crippen molar-refractivity contribution in [1.82, 2.24) is 24.2 Å². The maximum Gasteiger partial charge on any atom is 0.407 e. The number of hydrogen-bond acceptors (Lipinski definition) is 4. The molecule has 106 valence electrons. The van der Waals surface area contributed by atoms with E-state index in [2.05, 4.69) is 14.9 Å². The van der Waals surface area contributed by atoms with Gasteiger partial charge in [-0.05, 0) is 0 Å². The molecule has 1 amide bonds. The fraction of sp³-hybridized carbons (Fsp3) is 0.417. The Kier molecular flexibility index (Phi) is 3.45. The van der Waals surface area contributed by atoms with E-state index in [1.54, 1.807) is 12.4 Å². The Balaban J connectivity index is 1.72. The number of carboxylic acid groups (broad SMARTS) is 1. The lowest BCUT2D eigenvalue weighted by atomic mass is 10.3. The van der Waals surface area contributed by atoms with Gasteiger partial charge in [-0.25, -0.2) is 14.8 Å². The largest absolute Gasteiger partial charge is 0.465 e. The Bertz CT molecular complexity index is 636. The molecule has 7 nitrogen and oxygen atoms in total. The molecule has 1 saturated heterocycles. The molecular weight excluding hydrogens is 282 g/mol. The molecule has 8 heteroatoms. The molecule has 0 saturated carbocycles. The van der Waals surface area contributed by atoms with Gasteiger partial charge in [-0.3, -0.25) is 9.30 Å². The summed E-state index contributed by atoms with van der Waals surface area (Å²) in [5.74, 6) is 0.882. The van der Waals surface area contributed by atoms with Gasteiger partial charge in [0.25, 0.3) is 0 Å². The zero-order chi connectivity index (χ0) is 14.1. The Morgan fingerprint density at radius 2 is 2.05 bits per heavy atom. The summed E-state index contributed by atoms with van der Waals surface area (Å²) >= 11 is 6.01. The Morgan fingerprint density at radius 1 is 1.30 bits per heavy atom. The standard InChI is InChI=1S/C12H14ClN5O2/c13-11-9-7-15-10(18(9)2-1-14-11)8-16-3-5-17(6-4-16)12(19)20/h1-2,7H,3-6,8H2,(H,19,20). The average molecular weight is 296 g/mol. The molecule has 1 aliphatic heterocycles. The van der Waals surface area contributed by atoms with Crippen molar-refractivity contribution in [1.29, 1.82) is 0 Å². The van der Waals surface area contributed by atoms with Crippen LogP contribution in [0.2, 0.25) is 5.15 Å². The van der Waals surface area contributed by atoms with Crippen LogP contribution in [-0.2, 0) is 6.54 Å². The van der Waals surface area contributed by atoms with Crippen LogP contribution >= 0.6 is 11.6 Å². The van der Waals surface area contributed by atoms with Gasteiger partial charge in [-0.2, -0.15) is 0 Å². The predicted octanol–water partition coefficient (Wildman–Crippen LogP) is 1.18. The first-order valence-corrected chi connectivity index (χ1v) is 6.69. The minimum absolute atomic E-state index is 0.432. The summed E-state index contributed by atoms with van der Waals surface area (Å²) in [4.78, 5) is 22.9. The van der Waals surface area contributed by atoms with Crippen molar-refractivity contribution in [3.8, 4) is 0 Å². The van der Waals surface area contributed by atoms with Gasteiger partial charge in [-0.1, -0.05) is 11.6 Å². The van der Waals surface area contributed by atoms with Crippen LogP contribution in [-0.4, -0.2) is 61.5 Å². The number of aromatic nitrogens is 3. The van der Waals surface area contributed by atoms with Crippen molar-refractivity contribution >= 4 is 23.2 Å². The molecule has 2 aromatic rings. The predicted molar refractivity (Wildman–Crippen MR) is 72.9 cm³/mol. The van der Waals surface area contributed by atoms with Crippen LogP contribution < -0.4 is 0 Å². The highest BCUT2D eigenvalue weighted by Gasteiger charge is 2.21. The molecular formula is C12H14ClN5O2. The maximum absolute atomic E-state index is 10.9. The van der Waals surface area contributed by atoms with Crippen LogP contribution in [0.5, 0.6) is 0 Å². The fourth-order valence-corrected chi connectivity index (χ4v) is 2.56. The first-order chi connectivity index (χ1) is 9.65. The lowest BCUT2D eigenvalue weighted by Crippen LogP contribution is -2.47. The summed E-state index contributed by atoms with van der Waals surface area (Å²) in [6.07, 6.45) is 4.33. The van der Waals surface area contributed by atoms with Gasteiger partial charge >= 0.3 is 6.09 Å². The molecule has 1 fully saturated rings. The number of fused-ring (bicyclic) bond motifs is 1. The van der Waals surface area contributed by atoms with E-state index in [0.29, 0.717) is 37.9 Å². The highest BCUT2D eigenvalue weighted by Crippen LogP contribution is 2.16. The summed E-state index contributed by atoms with van der Waals surface area (Å²) in [7, 11) is 0. The minimum Gasteiger partial charge on any atom is -0.465 e. The molecule has 0 aliphatic carbocycles. The van der Waals surface area contributed by atoms with E-state index >= 15 is 0 Å². The van der Waals surface area contributed by atoms with Crippen molar-refractivity contribution in [2.75, 3.05) is 26.2 Å². The number of nitrogens with zero attached hydrogens (tertiary/aromatic N) is 5. The number of rotatable bonds is 2. The summed E-state index contributed by atoms with van der Waals surface area (Å²) in [5, 5.41) is 9.35. The van der Waals surface area contributed by atoms with E-state index in [1.165, 1.54) is 4.90 Å². The molecule has 1 aliphatic rings. The molecule has 0 unspecified atom stereocenters. The molecule has 0 atom stereocenters. The normalized spacial score (nSPS) is 16.8. The van der Waals surface area contributed by atoms with Crippen LogP contribution in [0.4, 0.5) is 4.79 Å².